The third-order valence-electron chi connectivity index (χ3n) is 2.73. The molecule has 2 rings (SSSR count). The minimum absolute atomic E-state index is 0.183. The molecule has 2 aromatic rings. The number of benzene rings is 1. The third kappa shape index (κ3) is 3.61. The first-order valence-electron chi connectivity index (χ1n) is 6.37. The molecule has 0 aliphatic carbocycles. The Kier molecular flexibility index (Phi) is 4.14. The number of nitrogens with two attached hydrogens (primary N) is 1. The average Bonchev–Trinajstić information content (AvgIpc) is 2.36. The fourth-order valence-corrected chi connectivity index (χ4v) is 1.81. The van der Waals surface area contributed by atoms with E-state index < -0.39 is 0 Å². The molecule has 0 fully saturated rings. The number of halogens is 1. The summed E-state index contributed by atoms with van der Waals surface area (Å²) in [6, 6.07) is 9.16. The largest absolute Gasteiger partial charge is 0.473 e. The first kappa shape index (κ1) is 14.6. The van der Waals surface area contributed by atoms with Crippen LogP contribution in [0.1, 0.15) is 32.2 Å². The maximum Gasteiger partial charge on any atom is 0.219 e. The summed E-state index contributed by atoms with van der Waals surface area (Å²) >= 11 is 6.09. The fourth-order valence-electron chi connectivity index (χ4n) is 1.62. The maximum absolute atomic E-state index is 6.09. The monoisotopic (exact) mass is 291 g/mol. The summed E-state index contributed by atoms with van der Waals surface area (Å²) in [5, 5.41) is 0.672. The van der Waals surface area contributed by atoms with Crippen molar-refractivity contribution in [3.8, 4) is 5.88 Å². The molecular formula is C15H18ClN3O. The average molecular weight is 292 g/mol. The molecule has 0 amide bonds. The smallest absolute Gasteiger partial charge is 0.219 e. The molecule has 0 atom stereocenters. The Bertz CT molecular complexity index is 608. The van der Waals surface area contributed by atoms with Gasteiger partial charge in [0.05, 0.1) is 0 Å². The first-order chi connectivity index (χ1) is 9.36. The highest BCUT2D eigenvalue weighted by Crippen LogP contribution is 2.23. The van der Waals surface area contributed by atoms with Gasteiger partial charge in [-0.3, -0.25) is 0 Å². The number of hydrogen-bond acceptors (Lipinski definition) is 4. The SMILES string of the molecule is CC(C)(C)c1nc(N)cc(OCc2ccccc2Cl)n1. The second-order valence-electron chi connectivity index (χ2n) is 5.58. The summed E-state index contributed by atoms with van der Waals surface area (Å²) in [6.07, 6.45) is 0. The highest BCUT2D eigenvalue weighted by molar-refractivity contribution is 6.31. The summed E-state index contributed by atoms with van der Waals surface area (Å²) in [6.45, 7) is 6.43. The Hall–Kier alpha value is -1.81. The van der Waals surface area contributed by atoms with Crippen LogP contribution < -0.4 is 10.5 Å². The molecule has 0 saturated carbocycles. The van der Waals surface area contributed by atoms with E-state index in [4.69, 9.17) is 22.1 Å². The Morgan fingerprint density at radius 3 is 2.55 bits per heavy atom. The van der Waals surface area contributed by atoms with Crippen molar-refractivity contribution < 1.29 is 4.74 Å². The Morgan fingerprint density at radius 1 is 1.20 bits per heavy atom. The lowest BCUT2D eigenvalue weighted by Gasteiger charge is -2.17. The summed E-state index contributed by atoms with van der Waals surface area (Å²) in [4.78, 5) is 8.63. The zero-order chi connectivity index (χ0) is 14.8. The predicted molar refractivity (Wildman–Crippen MR) is 80.9 cm³/mol. The minimum Gasteiger partial charge on any atom is -0.473 e. The molecule has 5 heteroatoms. The Labute approximate surface area is 124 Å². The van der Waals surface area contributed by atoms with Crippen LogP contribution in [0.4, 0.5) is 5.82 Å². The lowest BCUT2D eigenvalue weighted by atomic mass is 9.96. The molecule has 0 aliphatic heterocycles. The number of anilines is 1. The number of aromatic nitrogens is 2. The van der Waals surface area contributed by atoms with E-state index in [1.807, 2.05) is 45.0 Å². The van der Waals surface area contributed by atoms with Crippen molar-refractivity contribution in [1.29, 1.82) is 0 Å². The fraction of sp³-hybridized carbons (Fsp3) is 0.333. The van der Waals surface area contributed by atoms with Crippen LogP contribution in [0.25, 0.3) is 0 Å². The molecular weight excluding hydrogens is 274 g/mol. The molecule has 106 valence electrons. The van der Waals surface area contributed by atoms with E-state index in [0.717, 1.165) is 5.56 Å². The molecule has 20 heavy (non-hydrogen) atoms. The van der Waals surface area contributed by atoms with E-state index in [1.165, 1.54) is 0 Å². The summed E-state index contributed by atoms with van der Waals surface area (Å²) < 4.78 is 5.67. The van der Waals surface area contributed by atoms with Crippen molar-refractivity contribution in [2.24, 2.45) is 0 Å². The highest BCUT2D eigenvalue weighted by atomic mass is 35.5. The van der Waals surface area contributed by atoms with E-state index in [1.54, 1.807) is 6.07 Å². The van der Waals surface area contributed by atoms with Crippen LogP contribution in [0.15, 0.2) is 30.3 Å². The van der Waals surface area contributed by atoms with Crippen molar-refractivity contribution in [2.75, 3.05) is 5.73 Å². The quantitative estimate of drug-likeness (QED) is 0.939. The molecule has 1 aromatic carbocycles. The van der Waals surface area contributed by atoms with Gasteiger partial charge in [-0.25, -0.2) is 4.98 Å². The number of nitrogens with zero attached hydrogens (tertiary/aromatic N) is 2. The first-order valence-corrected chi connectivity index (χ1v) is 6.75. The van der Waals surface area contributed by atoms with Gasteiger partial charge >= 0.3 is 0 Å². The van der Waals surface area contributed by atoms with Gasteiger partial charge in [0.1, 0.15) is 18.2 Å². The number of rotatable bonds is 3. The zero-order valence-electron chi connectivity index (χ0n) is 11.9. The van der Waals surface area contributed by atoms with Crippen molar-refractivity contribution in [1.82, 2.24) is 9.97 Å². The number of ether oxygens (including phenoxy) is 1. The Morgan fingerprint density at radius 2 is 1.90 bits per heavy atom. The number of nitrogen functional groups attached to an aromatic ring is 1. The molecule has 0 spiro atoms. The molecule has 2 N–H and O–H groups in total. The normalized spacial score (nSPS) is 11.4. The summed E-state index contributed by atoms with van der Waals surface area (Å²) in [5.74, 6) is 1.52. The molecule has 1 aromatic heterocycles. The van der Waals surface area contributed by atoms with Crippen LogP contribution in [0.5, 0.6) is 5.88 Å². The van der Waals surface area contributed by atoms with Crippen molar-refractivity contribution >= 4 is 17.4 Å². The van der Waals surface area contributed by atoms with E-state index in [9.17, 15) is 0 Å². The summed E-state index contributed by atoms with van der Waals surface area (Å²) in [7, 11) is 0. The van der Waals surface area contributed by atoms with Gasteiger partial charge in [-0.15, -0.1) is 0 Å². The molecule has 0 saturated heterocycles. The van der Waals surface area contributed by atoms with Gasteiger partial charge in [0.15, 0.2) is 0 Å². The topological polar surface area (TPSA) is 61.0 Å². The van der Waals surface area contributed by atoms with Gasteiger partial charge in [-0.1, -0.05) is 50.6 Å². The Balaban J connectivity index is 2.18. The predicted octanol–water partition coefficient (Wildman–Crippen LogP) is 3.59. The zero-order valence-corrected chi connectivity index (χ0v) is 12.6. The van der Waals surface area contributed by atoms with Crippen LogP contribution in [0, 0.1) is 0 Å². The number of hydrogen-bond donors (Lipinski definition) is 1. The van der Waals surface area contributed by atoms with Gasteiger partial charge in [-0.05, 0) is 6.07 Å². The molecule has 0 radical (unpaired) electrons. The van der Waals surface area contributed by atoms with Crippen molar-refractivity contribution in [2.45, 2.75) is 32.8 Å². The second-order valence-corrected chi connectivity index (χ2v) is 5.99. The van der Waals surface area contributed by atoms with Crippen LogP contribution in [0.3, 0.4) is 0 Å². The molecule has 1 heterocycles. The second kappa shape index (κ2) is 5.67. The maximum atomic E-state index is 6.09. The van der Waals surface area contributed by atoms with Gasteiger partial charge in [0, 0.05) is 22.1 Å². The van der Waals surface area contributed by atoms with Gasteiger partial charge < -0.3 is 10.5 Å². The van der Waals surface area contributed by atoms with E-state index >= 15 is 0 Å². The van der Waals surface area contributed by atoms with Crippen LogP contribution in [-0.4, -0.2) is 9.97 Å². The van der Waals surface area contributed by atoms with E-state index in [-0.39, 0.29) is 5.41 Å². The third-order valence-corrected chi connectivity index (χ3v) is 3.10. The van der Waals surface area contributed by atoms with Gasteiger partial charge in [0.2, 0.25) is 5.88 Å². The van der Waals surface area contributed by atoms with Gasteiger partial charge in [0.25, 0.3) is 0 Å². The molecule has 0 bridgehead atoms. The van der Waals surface area contributed by atoms with Crippen LogP contribution in [0.2, 0.25) is 5.02 Å². The van der Waals surface area contributed by atoms with Crippen LogP contribution >= 0.6 is 11.6 Å². The lowest BCUT2D eigenvalue weighted by molar-refractivity contribution is 0.290. The minimum atomic E-state index is -0.183. The van der Waals surface area contributed by atoms with Gasteiger partial charge in [-0.2, -0.15) is 4.98 Å². The summed E-state index contributed by atoms with van der Waals surface area (Å²) in [5.41, 5.74) is 6.52. The van der Waals surface area contributed by atoms with Crippen LogP contribution in [-0.2, 0) is 12.0 Å². The highest BCUT2D eigenvalue weighted by Gasteiger charge is 2.19. The lowest BCUT2D eigenvalue weighted by Crippen LogP contribution is -2.17. The van der Waals surface area contributed by atoms with E-state index in [2.05, 4.69) is 9.97 Å². The van der Waals surface area contributed by atoms with E-state index in [0.29, 0.717) is 29.2 Å². The molecule has 4 nitrogen and oxygen atoms in total. The molecule has 0 unspecified atom stereocenters. The van der Waals surface area contributed by atoms with Crippen molar-refractivity contribution in [3.05, 3.63) is 46.7 Å². The molecule has 0 aliphatic rings. The standard InChI is InChI=1S/C15H18ClN3O/c1-15(2,3)14-18-12(17)8-13(19-14)20-9-10-6-4-5-7-11(10)16/h4-8H,9H2,1-3H3,(H2,17,18,19). The van der Waals surface area contributed by atoms with Crippen molar-refractivity contribution in [3.63, 3.8) is 0 Å².